The van der Waals surface area contributed by atoms with E-state index in [1.54, 1.807) is 58.2 Å². The number of aryl methyl sites for hydroxylation is 1. The molecule has 3 N–H and O–H groups in total. The first-order valence-electron chi connectivity index (χ1n) is 12.4. The number of imidazole rings is 1. The van der Waals surface area contributed by atoms with Crippen LogP contribution in [0.15, 0.2) is 36.7 Å². The number of nitrogens with one attached hydrogen (secondary N) is 2. The predicted molar refractivity (Wildman–Crippen MR) is 151 cm³/mol. The van der Waals surface area contributed by atoms with Gasteiger partial charge in [0.15, 0.2) is 29.4 Å². The first-order chi connectivity index (χ1) is 19.1. The normalized spacial score (nSPS) is 24.9. The van der Waals surface area contributed by atoms with Crippen molar-refractivity contribution in [3.05, 3.63) is 42.5 Å². The number of benzene rings is 1. The fraction of sp³-hybridized carbons (Fsp3) is 0.500. The minimum atomic E-state index is -3.50. The van der Waals surface area contributed by atoms with Gasteiger partial charge in [0, 0.05) is 7.05 Å². The second-order valence-electron chi connectivity index (χ2n) is 9.07. The second kappa shape index (κ2) is 12.6. The van der Waals surface area contributed by atoms with E-state index < -0.39 is 49.4 Å². The Balaban J connectivity index is 1.61. The Kier molecular flexibility index (Phi) is 9.61. The molecule has 3 aromatic rings. The van der Waals surface area contributed by atoms with E-state index in [9.17, 15) is 9.90 Å². The topological polar surface area (TPSA) is 142 Å². The third-order valence-corrected chi connectivity index (χ3v) is 9.11. The Hall–Kier alpha value is -2.45. The Bertz CT molecular complexity index is 1390. The maximum Gasteiger partial charge on any atom is 0.323 e. The molecule has 1 aliphatic rings. The van der Waals surface area contributed by atoms with Crippen LogP contribution >= 0.6 is 18.2 Å². The summed E-state index contributed by atoms with van der Waals surface area (Å²) in [6.45, 7) is 1.14. The number of rotatable bonds is 12. The van der Waals surface area contributed by atoms with Gasteiger partial charge in [-0.05, 0) is 44.7 Å². The molecule has 16 heteroatoms. The highest BCUT2D eigenvalue weighted by molar-refractivity contribution is 8.09. The second-order valence-corrected chi connectivity index (χ2v) is 12.5. The highest BCUT2D eigenvalue weighted by Gasteiger charge is 2.57. The van der Waals surface area contributed by atoms with Crippen molar-refractivity contribution in [2.45, 2.75) is 50.9 Å². The molecular formula is C24H31ClFN6O6PS. The number of hydrogen-bond donors (Lipinski definition) is 3. The minimum Gasteiger partial charge on any atom is -0.465 e. The quantitative estimate of drug-likeness (QED) is 0.156. The van der Waals surface area contributed by atoms with Crippen LogP contribution in [0.4, 0.5) is 10.2 Å². The SMILES string of the molecule is CCOC(=O)[C@@H](C)N[P@@](=S)(OC[C@@]1(CCl)O[C@@H](n2cnc3c(NC)nc(C)nc32)[C@H](F)[C@@H]1O)Oc1ccccc1. The van der Waals surface area contributed by atoms with Gasteiger partial charge in [0.25, 0.3) is 0 Å². The number of alkyl halides is 2. The molecule has 1 aromatic carbocycles. The zero-order valence-electron chi connectivity index (χ0n) is 22.3. The fourth-order valence-electron chi connectivity index (χ4n) is 4.15. The molecule has 0 unspecified atom stereocenters. The van der Waals surface area contributed by atoms with Crippen molar-refractivity contribution >= 4 is 53.0 Å². The number of aliphatic hydroxyl groups excluding tert-OH is 1. The number of carbonyl (C=O) groups excluding carboxylic acids is 1. The van der Waals surface area contributed by atoms with Crippen LogP contribution in [0.2, 0.25) is 0 Å². The van der Waals surface area contributed by atoms with Gasteiger partial charge in [-0.2, -0.15) is 0 Å². The van der Waals surface area contributed by atoms with Crippen LogP contribution in [-0.2, 0) is 30.6 Å². The lowest BCUT2D eigenvalue weighted by atomic mass is 9.99. The molecule has 0 spiro atoms. The average molecular weight is 617 g/mol. The standard InChI is InChI=1S/C24H31ClFN6O6PS/c1-5-35-23(34)14(2)31-39(40,38-16-9-7-6-8-10-16)36-12-24(11-25)19(33)17(26)22(37-24)32-13-28-18-20(27-4)29-15(3)30-21(18)32/h6-10,13-14,17,19,22,33H,5,11-12H2,1-4H3,(H,31,40)(H,27,29,30)/t14-,17-,19+,22-,24-,39-/m1/s1. The highest BCUT2D eigenvalue weighted by Crippen LogP contribution is 2.49. The molecule has 12 nitrogen and oxygen atoms in total. The lowest BCUT2D eigenvalue weighted by Crippen LogP contribution is -2.48. The molecule has 40 heavy (non-hydrogen) atoms. The smallest absolute Gasteiger partial charge is 0.323 e. The van der Waals surface area contributed by atoms with Crippen LogP contribution in [0, 0.1) is 6.92 Å². The van der Waals surface area contributed by atoms with Crippen molar-refractivity contribution in [1.29, 1.82) is 0 Å². The van der Waals surface area contributed by atoms with E-state index >= 15 is 4.39 Å². The number of aliphatic hydroxyl groups is 1. The lowest BCUT2D eigenvalue weighted by Gasteiger charge is -2.33. The van der Waals surface area contributed by atoms with Gasteiger partial charge < -0.3 is 28.9 Å². The Morgan fingerprint density at radius 1 is 1.38 bits per heavy atom. The molecule has 6 atom stereocenters. The van der Waals surface area contributed by atoms with Gasteiger partial charge in [0.1, 0.15) is 29.3 Å². The highest BCUT2D eigenvalue weighted by atomic mass is 35.5. The van der Waals surface area contributed by atoms with Crippen LogP contribution in [0.3, 0.4) is 0 Å². The van der Waals surface area contributed by atoms with E-state index in [2.05, 4.69) is 25.4 Å². The summed E-state index contributed by atoms with van der Waals surface area (Å²) >= 11 is 12.0. The number of nitrogens with zero attached hydrogens (tertiary/aromatic N) is 4. The van der Waals surface area contributed by atoms with Gasteiger partial charge in [0.2, 0.25) is 0 Å². The minimum absolute atomic E-state index is 0.173. The van der Waals surface area contributed by atoms with Crippen molar-refractivity contribution in [3.8, 4) is 5.75 Å². The van der Waals surface area contributed by atoms with E-state index in [1.807, 2.05) is 0 Å². The first-order valence-corrected chi connectivity index (χ1v) is 15.6. The fourth-order valence-corrected chi connectivity index (χ4v) is 6.88. The molecule has 3 heterocycles. The van der Waals surface area contributed by atoms with Crippen molar-refractivity contribution in [1.82, 2.24) is 24.6 Å². The largest absolute Gasteiger partial charge is 0.465 e. The molecule has 1 saturated heterocycles. The van der Waals surface area contributed by atoms with Gasteiger partial charge in [-0.3, -0.25) is 9.36 Å². The molecular weight excluding hydrogens is 586 g/mol. The number of hydrogen-bond acceptors (Lipinski definition) is 11. The Morgan fingerprint density at radius 2 is 2.10 bits per heavy atom. The van der Waals surface area contributed by atoms with Crippen LogP contribution in [-0.4, -0.2) is 80.7 Å². The zero-order chi connectivity index (χ0) is 29.1. The molecule has 0 bridgehead atoms. The maximum atomic E-state index is 15.7. The predicted octanol–water partition coefficient (Wildman–Crippen LogP) is 3.24. The molecule has 0 saturated carbocycles. The zero-order valence-corrected chi connectivity index (χ0v) is 24.8. The van der Waals surface area contributed by atoms with Crippen LogP contribution in [0.1, 0.15) is 25.9 Å². The number of anilines is 1. The number of esters is 1. The van der Waals surface area contributed by atoms with Crippen molar-refractivity contribution in [3.63, 3.8) is 0 Å². The van der Waals surface area contributed by atoms with Crippen molar-refractivity contribution < 1.29 is 32.8 Å². The van der Waals surface area contributed by atoms with Crippen LogP contribution < -0.4 is 14.9 Å². The van der Waals surface area contributed by atoms with Gasteiger partial charge in [-0.1, -0.05) is 18.2 Å². The van der Waals surface area contributed by atoms with E-state index in [0.29, 0.717) is 28.6 Å². The summed E-state index contributed by atoms with van der Waals surface area (Å²) in [5.41, 5.74) is -1.01. The first kappa shape index (κ1) is 30.5. The van der Waals surface area contributed by atoms with Crippen LogP contribution in [0.25, 0.3) is 11.2 Å². The molecule has 218 valence electrons. The van der Waals surface area contributed by atoms with Gasteiger partial charge >= 0.3 is 12.6 Å². The summed E-state index contributed by atoms with van der Waals surface area (Å²) in [5.74, 6) is 0.364. The number of aromatic nitrogens is 4. The number of para-hydroxylation sites is 1. The van der Waals surface area contributed by atoms with Gasteiger partial charge in [-0.25, -0.2) is 24.4 Å². The third kappa shape index (κ3) is 6.23. The number of fused-ring (bicyclic) bond motifs is 1. The van der Waals surface area contributed by atoms with Gasteiger partial charge in [-0.15, -0.1) is 11.6 Å². The molecule has 0 aliphatic carbocycles. The number of halogens is 2. The van der Waals surface area contributed by atoms with E-state index in [4.69, 9.17) is 41.9 Å². The summed E-state index contributed by atoms with van der Waals surface area (Å²) in [7, 11) is 1.68. The average Bonchev–Trinajstić information content (AvgIpc) is 3.46. The number of ether oxygens (including phenoxy) is 2. The third-order valence-electron chi connectivity index (χ3n) is 6.18. The molecule has 0 radical (unpaired) electrons. The van der Waals surface area contributed by atoms with E-state index in [-0.39, 0.29) is 12.5 Å². The summed E-state index contributed by atoms with van der Waals surface area (Å²) in [6.07, 6.45) is -3.60. The summed E-state index contributed by atoms with van der Waals surface area (Å²) < 4.78 is 40.2. The summed E-state index contributed by atoms with van der Waals surface area (Å²) in [6, 6.07) is 7.73. The monoisotopic (exact) mass is 616 g/mol. The maximum absolute atomic E-state index is 15.7. The number of carbonyl (C=O) groups is 1. The summed E-state index contributed by atoms with van der Waals surface area (Å²) in [4.78, 5) is 25.3. The van der Waals surface area contributed by atoms with Crippen molar-refractivity contribution in [2.75, 3.05) is 31.5 Å². The molecule has 1 fully saturated rings. The van der Waals surface area contributed by atoms with Crippen molar-refractivity contribution in [2.24, 2.45) is 0 Å². The van der Waals surface area contributed by atoms with E-state index in [1.165, 1.54) is 10.9 Å². The molecule has 2 aromatic heterocycles. The Morgan fingerprint density at radius 3 is 2.75 bits per heavy atom. The van der Waals surface area contributed by atoms with Crippen LogP contribution in [0.5, 0.6) is 5.75 Å². The lowest BCUT2D eigenvalue weighted by molar-refractivity contribution is -0.144. The van der Waals surface area contributed by atoms with Gasteiger partial charge in [0.05, 0.1) is 25.4 Å². The Labute approximate surface area is 240 Å². The molecule has 0 amide bonds. The molecule has 4 rings (SSSR count). The van der Waals surface area contributed by atoms with E-state index in [0.717, 1.165) is 0 Å². The molecule has 1 aliphatic heterocycles. The summed E-state index contributed by atoms with van der Waals surface area (Å²) in [5, 5.41) is 16.9.